The predicted octanol–water partition coefficient (Wildman–Crippen LogP) is 2.57. The van der Waals surface area contributed by atoms with Crippen LogP contribution in [0.25, 0.3) is 0 Å². The summed E-state index contributed by atoms with van der Waals surface area (Å²) in [6.07, 6.45) is 4.34. The molecule has 0 aliphatic heterocycles. The second kappa shape index (κ2) is 5.69. The lowest BCUT2D eigenvalue weighted by atomic mass is 10.1. The van der Waals surface area contributed by atoms with Crippen LogP contribution in [0.5, 0.6) is 0 Å². The highest BCUT2D eigenvalue weighted by Gasteiger charge is 2.17. The fourth-order valence-electron chi connectivity index (χ4n) is 1.80. The molecular formula is C12H17BrN4O. The first-order valence-electron chi connectivity index (χ1n) is 5.85. The minimum Gasteiger partial charge on any atom is -0.457 e. The second-order valence-corrected chi connectivity index (χ2v) is 5.17. The molecule has 0 saturated heterocycles. The third-order valence-electron chi connectivity index (χ3n) is 2.83. The molecule has 6 heteroatoms. The number of nitrogens with zero attached hydrogens (tertiary/aromatic N) is 2. The van der Waals surface area contributed by atoms with E-state index in [4.69, 9.17) is 10.3 Å². The number of aromatic nitrogens is 2. The Morgan fingerprint density at radius 3 is 2.78 bits per heavy atom. The number of nitrogens with two attached hydrogens (primary N) is 1. The van der Waals surface area contributed by atoms with E-state index in [1.807, 2.05) is 23.0 Å². The van der Waals surface area contributed by atoms with Gasteiger partial charge in [-0.3, -0.25) is 16.0 Å². The van der Waals surface area contributed by atoms with Crippen molar-refractivity contribution in [2.75, 3.05) is 0 Å². The SMILES string of the molecule is CC(C)n1ccc(CC(NN)c2ccoc2Br)n1. The number of furan rings is 1. The van der Waals surface area contributed by atoms with E-state index < -0.39 is 0 Å². The van der Waals surface area contributed by atoms with Gasteiger partial charge in [-0.1, -0.05) is 0 Å². The molecule has 0 fully saturated rings. The maximum atomic E-state index is 5.60. The number of hydrogen-bond donors (Lipinski definition) is 2. The molecule has 0 bridgehead atoms. The van der Waals surface area contributed by atoms with Crippen LogP contribution >= 0.6 is 15.9 Å². The summed E-state index contributed by atoms with van der Waals surface area (Å²) in [7, 11) is 0. The van der Waals surface area contributed by atoms with Crippen molar-refractivity contribution in [3.8, 4) is 0 Å². The molecule has 0 spiro atoms. The van der Waals surface area contributed by atoms with Gasteiger partial charge in [-0.15, -0.1) is 0 Å². The summed E-state index contributed by atoms with van der Waals surface area (Å²) in [6.45, 7) is 4.20. The lowest BCUT2D eigenvalue weighted by Crippen LogP contribution is -2.29. The van der Waals surface area contributed by atoms with Gasteiger partial charge in [0.2, 0.25) is 0 Å². The summed E-state index contributed by atoms with van der Waals surface area (Å²) in [4.78, 5) is 0. The maximum Gasteiger partial charge on any atom is 0.173 e. The summed E-state index contributed by atoms with van der Waals surface area (Å²) in [5.74, 6) is 5.60. The van der Waals surface area contributed by atoms with Gasteiger partial charge < -0.3 is 4.42 Å². The Morgan fingerprint density at radius 2 is 2.28 bits per heavy atom. The molecule has 1 unspecified atom stereocenters. The monoisotopic (exact) mass is 312 g/mol. The van der Waals surface area contributed by atoms with Gasteiger partial charge in [0.1, 0.15) is 0 Å². The first-order valence-corrected chi connectivity index (χ1v) is 6.64. The summed E-state index contributed by atoms with van der Waals surface area (Å²) in [5, 5.41) is 4.51. The molecule has 0 saturated carbocycles. The molecule has 0 aliphatic rings. The Labute approximate surface area is 114 Å². The topological polar surface area (TPSA) is 69.0 Å². The van der Waals surface area contributed by atoms with Crippen LogP contribution in [0.15, 0.2) is 33.7 Å². The minimum atomic E-state index is -0.0198. The quantitative estimate of drug-likeness (QED) is 0.657. The van der Waals surface area contributed by atoms with E-state index in [-0.39, 0.29) is 6.04 Å². The zero-order valence-electron chi connectivity index (χ0n) is 10.4. The van der Waals surface area contributed by atoms with E-state index in [0.717, 1.165) is 11.3 Å². The zero-order chi connectivity index (χ0) is 13.1. The van der Waals surface area contributed by atoms with Gasteiger partial charge in [0.25, 0.3) is 0 Å². The summed E-state index contributed by atoms with van der Waals surface area (Å²) in [5.41, 5.74) is 4.79. The molecular weight excluding hydrogens is 296 g/mol. The number of nitrogens with one attached hydrogen (secondary N) is 1. The lowest BCUT2D eigenvalue weighted by Gasteiger charge is -2.13. The van der Waals surface area contributed by atoms with Crippen molar-refractivity contribution < 1.29 is 4.42 Å². The summed E-state index contributed by atoms with van der Waals surface area (Å²) >= 11 is 3.36. The fraction of sp³-hybridized carbons (Fsp3) is 0.417. The van der Waals surface area contributed by atoms with E-state index >= 15 is 0 Å². The van der Waals surface area contributed by atoms with Crippen LogP contribution < -0.4 is 11.3 Å². The maximum absolute atomic E-state index is 5.60. The Bertz CT molecular complexity index is 506. The molecule has 3 N–H and O–H groups in total. The van der Waals surface area contributed by atoms with Gasteiger partial charge in [-0.25, -0.2) is 0 Å². The van der Waals surface area contributed by atoms with Gasteiger partial charge in [0.05, 0.1) is 18.0 Å². The van der Waals surface area contributed by atoms with Crippen LogP contribution in [0, 0.1) is 0 Å². The van der Waals surface area contributed by atoms with Crippen molar-refractivity contribution in [2.24, 2.45) is 5.84 Å². The van der Waals surface area contributed by atoms with Crippen LogP contribution in [0.4, 0.5) is 0 Å². The molecule has 0 aromatic carbocycles. The van der Waals surface area contributed by atoms with E-state index in [2.05, 4.69) is 40.3 Å². The van der Waals surface area contributed by atoms with Gasteiger partial charge in [0.15, 0.2) is 4.67 Å². The van der Waals surface area contributed by atoms with Gasteiger partial charge >= 0.3 is 0 Å². The first kappa shape index (κ1) is 13.3. The molecule has 18 heavy (non-hydrogen) atoms. The molecule has 0 aliphatic carbocycles. The van der Waals surface area contributed by atoms with E-state index in [9.17, 15) is 0 Å². The molecule has 1 atom stereocenters. The van der Waals surface area contributed by atoms with Crippen LogP contribution in [0.3, 0.4) is 0 Å². The van der Waals surface area contributed by atoms with Crippen molar-refractivity contribution in [2.45, 2.75) is 32.4 Å². The van der Waals surface area contributed by atoms with Gasteiger partial charge in [-0.05, 0) is 41.9 Å². The van der Waals surface area contributed by atoms with Crippen LogP contribution in [-0.4, -0.2) is 9.78 Å². The zero-order valence-corrected chi connectivity index (χ0v) is 12.0. The Kier molecular flexibility index (Phi) is 4.21. The summed E-state index contributed by atoms with van der Waals surface area (Å²) < 4.78 is 7.86. The average molecular weight is 313 g/mol. The Hall–Kier alpha value is -1.11. The van der Waals surface area contributed by atoms with Crippen molar-refractivity contribution in [1.82, 2.24) is 15.2 Å². The van der Waals surface area contributed by atoms with E-state index in [1.54, 1.807) is 6.26 Å². The highest BCUT2D eigenvalue weighted by atomic mass is 79.9. The largest absolute Gasteiger partial charge is 0.457 e. The number of hydrazine groups is 1. The second-order valence-electron chi connectivity index (χ2n) is 4.45. The average Bonchev–Trinajstić information content (AvgIpc) is 2.95. The van der Waals surface area contributed by atoms with Gasteiger partial charge in [0, 0.05) is 24.2 Å². The molecule has 0 radical (unpaired) electrons. The van der Waals surface area contributed by atoms with Crippen LogP contribution in [0.1, 0.15) is 37.2 Å². The smallest absolute Gasteiger partial charge is 0.173 e. The predicted molar refractivity (Wildman–Crippen MR) is 72.8 cm³/mol. The molecule has 98 valence electrons. The molecule has 0 amide bonds. The summed E-state index contributed by atoms with van der Waals surface area (Å²) in [6, 6.07) is 4.25. The minimum absolute atomic E-state index is 0.0198. The van der Waals surface area contributed by atoms with E-state index in [1.165, 1.54) is 0 Å². The molecule has 2 aromatic rings. The van der Waals surface area contributed by atoms with Crippen molar-refractivity contribution in [1.29, 1.82) is 0 Å². The lowest BCUT2D eigenvalue weighted by molar-refractivity contribution is 0.492. The van der Waals surface area contributed by atoms with Gasteiger partial charge in [-0.2, -0.15) is 5.10 Å². The van der Waals surface area contributed by atoms with Crippen molar-refractivity contribution in [3.63, 3.8) is 0 Å². The Balaban J connectivity index is 2.13. The molecule has 2 rings (SSSR count). The number of hydrogen-bond acceptors (Lipinski definition) is 4. The molecule has 2 heterocycles. The third kappa shape index (κ3) is 2.82. The highest BCUT2D eigenvalue weighted by Crippen LogP contribution is 2.26. The fourth-order valence-corrected chi connectivity index (χ4v) is 2.31. The Morgan fingerprint density at radius 1 is 1.50 bits per heavy atom. The first-order chi connectivity index (χ1) is 8.61. The van der Waals surface area contributed by atoms with Crippen LogP contribution in [-0.2, 0) is 6.42 Å². The van der Waals surface area contributed by atoms with Crippen molar-refractivity contribution >= 4 is 15.9 Å². The molecule has 2 aromatic heterocycles. The number of rotatable bonds is 5. The van der Waals surface area contributed by atoms with Crippen LogP contribution in [0.2, 0.25) is 0 Å². The normalized spacial score (nSPS) is 13.2. The third-order valence-corrected chi connectivity index (χ3v) is 3.47. The number of halogens is 1. The van der Waals surface area contributed by atoms with E-state index in [0.29, 0.717) is 17.1 Å². The molecule has 5 nitrogen and oxygen atoms in total. The highest BCUT2D eigenvalue weighted by molar-refractivity contribution is 9.10. The van der Waals surface area contributed by atoms with Crippen molar-refractivity contribution in [3.05, 3.63) is 40.5 Å². The standard InChI is InChI=1S/C12H17BrN4O/c1-8(2)17-5-3-9(16-17)7-11(15-14)10-4-6-18-12(10)13/h3-6,8,11,15H,7,14H2,1-2H3.